The maximum atomic E-state index is 10.7. The van der Waals surface area contributed by atoms with E-state index in [0.717, 1.165) is 75.2 Å². The number of anilines is 1. The molecule has 4 heterocycles. The molecule has 5 rings (SSSR count). The fraction of sp³-hybridized carbons (Fsp3) is 0.611. The fourth-order valence-electron chi connectivity index (χ4n) is 4.40. The summed E-state index contributed by atoms with van der Waals surface area (Å²) in [6.07, 6.45) is 11.0. The van der Waals surface area contributed by atoms with E-state index in [4.69, 9.17) is 0 Å². The molecule has 1 aliphatic carbocycles. The molecule has 1 saturated heterocycles. The van der Waals surface area contributed by atoms with Gasteiger partial charge in [0.2, 0.25) is 0 Å². The van der Waals surface area contributed by atoms with Crippen LogP contribution in [0.25, 0.3) is 11.2 Å². The Kier molecular flexibility index (Phi) is 4.04. The Bertz CT molecular complexity index is 920. The number of rotatable bonds is 4. The third-order valence-electron chi connectivity index (χ3n) is 6.01. The van der Waals surface area contributed by atoms with Gasteiger partial charge in [0.15, 0.2) is 11.5 Å². The van der Waals surface area contributed by atoms with E-state index < -0.39 is 5.60 Å². The zero-order valence-corrected chi connectivity index (χ0v) is 15.3. The zero-order valence-electron chi connectivity index (χ0n) is 15.3. The molecule has 2 fully saturated rings. The van der Waals surface area contributed by atoms with Crippen LogP contribution in [0.5, 0.6) is 0 Å². The summed E-state index contributed by atoms with van der Waals surface area (Å²) in [4.78, 5) is 18.3. The lowest BCUT2D eigenvalue weighted by Gasteiger charge is -2.32. The Morgan fingerprint density at radius 2 is 1.96 bits per heavy atom. The van der Waals surface area contributed by atoms with Crippen molar-refractivity contribution in [2.45, 2.75) is 50.7 Å². The van der Waals surface area contributed by atoms with Crippen molar-refractivity contribution in [3.63, 3.8) is 0 Å². The van der Waals surface area contributed by atoms with Crippen LogP contribution in [0.2, 0.25) is 0 Å². The third kappa shape index (κ3) is 3.05. The van der Waals surface area contributed by atoms with Crippen LogP contribution < -0.4 is 4.90 Å². The second-order valence-corrected chi connectivity index (χ2v) is 7.79. The van der Waals surface area contributed by atoms with E-state index in [1.165, 1.54) is 0 Å². The summed E-state index contributed by atoms with van der Waals surface area (Å²) in [5.41, 5.74) is 1.59. The van der Waals surface area contributed by atoms with Crippen molar-refractivity contribution >= 4 is 17.0 Å². The van der Waals surface area contributed by atoms with Gasteiger partial charge in [0.05, 0.1) is 12.5 Å². The number of fused-ring (bicyclic) bond motifs is 1. The third-order valence-corrected chi connectivity index (χ3v) is 6.01. The highest BCUT2D eigenvalue weighted by Gasteiger charge is 2.36. The predicted molar refractivity (Wildman–Crippen MR) is 99.0 cm³/mol. The van der Waals surface area contributed by atoms with Gasteiger partial charge in [0.25, 0.3) is 0 Å². The number of H-pyrrole nitrogens is 1. The molecule has 0 radical (unpaired) electrons. The van der Waals surface area contributed by atoms with Gasteiger partial charge in [0.1, 0.15) is 23.1 Å². The number of nitrogens with zero attached hydrogens (tertiary/aromatic N) is 7. The number of aromatic nitrogens is 7. The Hall–Kier alpha value is -2.55. The Morgan fingerprint density at radius 3 is 2.78 bits per heavy atom. The lowest BCUT2D eigenvalue weighted by molar-refractivity contribution is 0.0398. The predicted octanol–water partition coefficient (Wildman–Crippen LogP) is 1.62. The maximum absolute atomic E-state index is 10.7. The van der Waals surface area contributed by atoms with E-state index in [-0.39, 0.29) is 0 Å². The molecule has 0 amide bonds. The molecule has 0 aromatic carbocycles. The van der Waals surface area contributed by atoms with Crippen LogP contribution in [0, 0.1) is 5.92 Å². The molecule has 1 saturated carbocycles. The number of piperidine rings is 1. The van der Waals surface area contributed by atoms with Gasteiger partial charge in [-0.25, -0.2) is 15.0 Å². The minimum absolute atomic E-state index is 0.549. The van der Waals surface area contributed by atoms with Crippen LogP contribution in [0.15, 0.2) is 18.9 Å². The molecule has 0 bridgehead atoms. The van der Waals surface area contributed by atoms with Gasteiger partial charge >= 0.3 is 0 Å². The van der Waals surface area contributed by atoms with Gasteiger partial charge in [-0.05, 0) is 31.6 Å². The second kappa shape index (κ2) is 6.56. The van der Waals surface area contributed by atoms with Crippen molar-refractivity contribution in [2.75, 3.05) is 18.0 Å². The molecule has 3 aromatic rings. The molecule has 142 valence electrons. The normalized spacial score (nSPS) is 20.6. The lowest BCUT2D eigenvalue weighted by Crippen LogP contribution is -2.35. The van der Waals surface area contributed by atoms with Crippen LogP contribution in [-0.2, 0) is 12.1 Å². The monoisotopic (exact) mass is 368 g/mol. The van der Waals surface area contributed by atoms with Gasteiger partial charge in [-0.15, -0.1) is 5.10 Å². The molecule has 0 spiro atoms. The summed E-state index contributed by atoms with van der Waals surface area (Å²) < 4.78 is 1.91. The van der Waals surface area contributed by atoms with Crippen molar-refractivity contribution in [1.82, 2.24) is 34.9 Å². The van der Waals surface area contributed by atoms with Gasteiger partial charge in [-0.1, -0.05) is 18.1 Å². The van der Waals surface area contributed by atoms with Crippen molar-refractivity contribution in [3.05, 3.63) is 24.5 Å². The van der Waals surface area contributed by atoms with Gasteiger partial charge in [-0.2, -0.15) is 0 Å². The van der Waals surface area contributed by atoms with Crippen LogP contribution in [0.3, 0.4) is 0 Å². The lowest BCUT2D eigenvalue weighted by atomic mass is 9.96. The molecule has 1 aliphatic heterocycles. The zero-order chi connectivity index (χ0) is 18.3. The first kappa shape index (κ1) is 16.6. The van der Waals surface area contributed by atoms with E-state index in [0.29, 0.717) is 11.6 Å². The number of aromatic amines is 1. The second-order valence-electron chi connectivity index (χ2n) is 7.79. The van der Waals surface area contributed by atoms with E-state index in [9.17, 15) is 5.11 Å². The molecule has 0 unspecified atom stereocenters. The van der Waals surface area contributed by atoms with Crippen LogP contribution in [0.1, 0.15) is 44.2 Å². The first-order valence-electron chi connectivity index (χ1n) is 9.73. The standard InChI is InChI=1S/C18H24N8O/c27-18(5-1-2-6-18)14-10-26(24-23-14)9-13-3-7-25(8-4-13)17-15-16(20-11-19-15)21-12-22-17/h10-13,27H,1-9H2,(H,19,20,21,22). The molecule has 27 heavy (non-hydrogen) atoms. The van der Waals surface area contributed by atoms with E-state index in [1.807, 2.05) is 10.9 Å². The SMILES string of the molecule is OC1(c2cn(CC3CCN(c4ncnc5nc[nH]c45)CC3)nn2)CCCC1. The highest BCUT2D eigenvalue weighted by atomic mass is 16.3. The summed E-state index contributed by atoms with van der Waals surface area (Å²) in [7, 11) is 0. The smallest absolute Gasteiger partial charge is 0.182 e. The van der Waals surface area contributed by atoms with Crippen LogP contribution in [0.4, 0.5) is 5.82 Å². The Labute approximate surface area is 156 Å². The summed E-state index contributed by atoms with van der Waals surface area (Å²) in [5, 5.41) is 19.2. The average molecular weight is 368 g/mol. The molecule has 9 heteroatoms. The number of hydrogen-bond donors (Lipinski definition) is 2. The van der Waals surface area contributed by atoms with Crippen molar-refractivity contribution in [3.8, 4) is 0 Å². The number of nitrogens with one attached hydrogen (secondary N) is 1. The quantitative estimate of drug-likeness (QED) is 0.720. The Balaban J connectivity index is 1.23. The topological polar surface area (TPSA) is 109 Å². The maximum Gasteiger partial charge on any atom is 0.182 e. The molecular formula is C18H24N8O. The highest BCUT2D eigenvalue weighted by Crippen LogP contribution is 2.37. The molecule has 3 aromatic heterocycles. The molecular weight excluding hydrogens is 344 g/mol. The molecule has 2 N–H and O–H groups in total. The summed E-state index contributed by atoms with van der Waals surface area (Å²) in [5.74, 6) is 1.48. The first-order chi connectivity index (χ1) is 13.2. The largest absolute Gasteiger partial charge is 0.383 e. The molecule has 9 nitrogen and oxygen atoms in total. The summed E-state index contributed by atoms with van der Waals surface area (Å²) >= 11 is 0. The summed E-state index contributed by atoms with van der Waals surface area (Å²) in [6, 6.07) is 0. The van der Waals surface area contributed by atoms with Gasteiger partial charge < -0.3 is 15.0 Å². The molecule has 2 aliphatic rings. The highest BCUT2D eigenvalue weighted by molar-refractivity contribution is 5.82. The van der Waals surface area contributed by atoms with Crippen LogP contribution in [-0.4, -0.2) is 53.1 Å². The summed E-state index contributed by atoms with van der Waals surface area (Å²) in [6.45, 7) is 2.74. The fourth-order valence-corrected chi connectivity index (χ4v) is 4.40. The van der Waals surface area contributed by atoms with Gasteiger partial charge in [-0.3, -0.25) is 4.68 Å². The van der Waals surface area contributed by atoms with E-state index in [2.05, 4.69) is 35.1 Å². The van der Waals surface area contributed by atoms with Crippen molar-refractivity contribution in [1.29, 1.82) is 0 Å². The van der Waals surface area contributed by atoms with E-state index >= 15 is 0 Å². The van der Waals surface area contributed by atoms with Crippen LogP contribution >= 0.6 is 0 Å². The Morgan fingerprint density at radius 1 is 1.15 bits per heavy atom. The van der Waals surface area contributed by atoms with Crippen molar-refractivity contribution < 1.29 is 5.11 Å². The number of imidazole rings is 1. The van der Waals surface area contributed by atoms with Gasteiger partial charge in [0, 0.05) is 19.6 Å². The minimum atomic E-state index is -0.760. The van der Waals surface area contributed by atoms with Crippen molar-refractivity contribution in [2.24, 2.45) is 5.92 Å². The average Bonchev–Trinajstić information content (AvgIpc) is 3.43. The molecule has 0 atom stereocenters. The minimum Gasteiger partial charge on any atom is -0.383 e. The first-order valence-corrected chi connectivity index (χ1v) is 9.73. The number of aliphatic hydroxyl groups is 1. The van der Waals surface area contributed by atoms with E-state index in [1.54, 1.807) is 12.7 Å². The number of hydrogen-bond acceptors (Lipinski definition) is 7.